The predicted molar refractivity (Wildman–Crippen MR) is 93.8 cm³/mol. The number of hydrogen-bond acceptors (Lipinski definition) is 3. The average Bonchev–Trinajstić information content (AvgIpc) is 3.13. The Labute approximate surface area is 147 Å². The van der Waals surface area contributed by atoms with Crippen LogP contribution >= 0.6 is 0 Å². The Hall–Kier alpha value is -2.63. The van der Waals surface area contributed by atoms with E-state index >= 15 is 0 Å². The molecular formula is C19H23N3O3. The molecule has 0 saturated carbocycles. The third-order valence-corrected chi connectivity index (χ3v) is 4.77. The zero-order valence-electron chi connectivity index (χ0n) is 14.4. The molecule has 1 N–H and O–H groups in total. The maximum Gasteiger partial charge on any atom is 0.303 e. The lowest BCUT2D eigenvalue weighted by atomic mass is 9.96. The molecule has 1 fully saturated rings. The van der Waals surface area contributed by atoms with Gasteiger partial charge in [0.05, 0.1) is 5.69 Å². The molecular weight excluding hydrogens is 318 g/mol. The van der Waals surface area contributed by atoms with E-state index in [0.29, 0.717) is 18.5 Å². The van der Waals surface area contributed by atoms with Gasteiger partial charge in [0.15, 0.2) is 0 Å². The minimum absolute atomic E-state index is 0.00907. The number of rotatable bonds is 5. The Morgan fingerprint density at radius 3 is 2.84 bits per heavy atom. The van der Waals surface area contributed by atoms with Crippen molar-refractivity contribution in [3.63, 3.8) is 0 Å². The first-order valence-corrected chi connectivity index (χ1v) is 8.69. The van der Waals surface area contributed by atoms with Crippen molar-refractivity contribution in [3.8, 4) is 5.69 Å². The van der Waals surface area contributed by atoms with Crippen LogP contribution < -0.4 is 0 Å². The number of piperidine rings is 1. The SMILES string of the molecule is Cc1cc(C(=O)N2CCCCC2CCC(=O)O)ccc1-n1cccn1. The van der Waals surface area contributed by atoms with Crippen molar-refractivity contribution >= 4 is 11.9 Å². The van der Waals surface area contributed by atoms with Crippen LogP contribution in [0.15, 0.2) is 36.7 Å². The van der Waals surface area contributed by atoms with Crippen molar-refractivity contribution in [3.05, 3.63) is 47.8 Å². The van der Waals surface area contributed by atoms with E-state index in [4.69, 9.17) is 5.11 Å². The van der Waals surface area contributed by atoms with E-state index in [1.807, 2.05) is 42.3 Å². The molecule has 1 aromatic carbocycles. The van der Waals surface area contributed by atoms with Gasteiger partial charge >= 0.3 is 5.97 Å². The molecule has 6 heteroatoms. The molecule has 1 saturated heterocycles. The number of aliphatic carboxylic acids is 1. The average molecular weight is 341 g/mol. The molecule has 1 atom stereocenters. The smallest absolute Gasteiger partial charge is 0.303 e. The van der Waals surface area contributed by atoms with Gasteiger partial charge < -0.3 is 10.0 Å². The number of carboxylic acids is 1. The molecule has 0 bridgehead atoms. The molecule has 1 amide bonds. The quantitative estimate of drug-likeness (QED) is 0.907. The summed E-state index contributed by atoms with van der Waals surface area (Å²) < 4.78 is 1.78. The highest BCUT2D eigenvalue weighted by Crippen LogP contribution is 2.24. The molecule has 2 heterocycles. The molecule has 2 aromatic rings. The molecule has 0 spiro atoms. The number of hydrogen-bond donors (Lipinski definition) is 1. The third kappa shape index (κ3) is 3.90. The van der Waals surface area contributed by atoms with Crippen molar-refractivity contribution < 1.29 is 14.7 Å². The largest absolute Gasteiger partial charge is 0.481 e. The summed E-state index contributed by atoms with van der Waals surface area (Å²) in [6, 6.07) is 7.51. The van der Waals surface area contributed by atoms with Gasteiger partial charge in [-0.25, -0.2) is 4.68 Å². The number of benzene rings is 1. The van der Waals surface area contributed by atoms with Crippen LogP contribution in [-0.4, -0.2) is 44.3 Å². The second-order valence-electron chi connectivity index (χ2n) is 6.53. The summed E-state index contributed by atoms with van der Waals surface area (Å²) in [5.41, 5.74) is 2.58. The zero-order valence-corrected chi connectivity index (χ0v) is 14.4. The van der Waals surface area contributed by atoms with Crippen molar-refractivity contribution in [2.75, 3.05) is 6.54 Å². The van der Waals surface area contributed by atoms with Gasteiger partial charge in [0.2, 0.25) is 0 Å². The van der Waals surface area contributed by atoms with Gasteiger partial charge in [-0.05, 0) is 62.4 Å². The van der Waals surface area contributed by atoms with Crippen LogP contribution in [0.1, 0.15) is 48.0 Å². The van der Waals surface area contributed by atoms with E-state index in [1.54, 1.807) is 10.9 Å². The molecule has 0 radical (unpaired) electrons. The predicted octanol–water partition coefficient (Wildman–Crippen LogP) is 3.04. The Morgan fingerprint density at radius 2 is 2.16 bits per heavy atom. The number of amides is 1. The molecule has 6 nitrogen and oxygen atoms in total. The lowest BCUT2D eigenvalue weighted by molar-refractivity contribution is -0.137. The maximum atomic E-state index is 13.0. The summed E-state index contributed by atoms with van der Waals surface area (Å²) in [5, 5.41) is 13.2. The fourth-order valence-corrected chi connectivity index (χ4v) is 3.48. The topological polar surface area (TPSA) is 75.4 Å². The first-order valence-electron chi connectivity index (χ1n) is 8.69. The molecule has 1 aromatic heterocycles. The highest BCUT2D eigenvalue weighted by Gasteiger charge is 2.28. The summed E-state index contributed by atoms with van der Waals surface area (Å²) in [6.07, 6.45) is 7.11. The van der Waals surface area contributed by atoms with Gasteiger partial charge in [0.25, 0.3) is 5.91 Å². The summed E-state index contributed by atoms with van der Waals surface area (Å²) >= 11 is 0. The number of likely N-dealkylation sites (tertiary alicyclic amines) is 1. The van der Waals surface area contributed by atoms with Gasteiger partial charge in [-0.15, -0.1) is 0 Å². The number of carbonyl (C=O) groups excluding carboxylic acids is 1. The van der Waals surface area contributed by atoms with Gasteiger partial charge in [-0.3, -0.25) is 9.59 Å². The highest BCUT2D eigenvalue weighted by atomic mass is 16.4. The Kier molecular flexibility index (Phi) is 5.16. The van der Waals surface area contributed by atoms with Crippen LogP contribution in [0.3, 0.4) is 0 Å². The van der Waals surface area contributed by atoms with Gasteiger partial charge in [-0.2, -0.15) is 5.10 Å². The maximum absolute atomic E-state index is 13.0. The normalized spacial score (nSPS) is 17.5. The van der Waals surface area contributed by atoms with Crippen LogP contribution in [0.5, 0.6) is 0 Å². The summed E-state index contributed by atoms with van der Waals surface area (Å²) in [7, 11) is 0. The number of aromatic nitrogens is 2. The molecule has 0 aliphatic carbocycles. The zero-order chi connectivity index (χ0) is 17.8. The van der Waals surface area contributed by atoms with Crippen LogP contribution in [0.25, 0.3) is 5.69 Å². The van der Waals surface area contributed by atoms with E-state index in [2.05, 4.69) is 5.10 Å². The lowest BCUT2D eigenvalue weighted by Crippen LogP contribution is -2.44. The summed E-state index contributed by atoms with van der Waals surface area (Å²) in [4.78, 5) is 25.7. The van der Waals surface area contributed by atoms with Crippen LogP contribution in [-0.2, 0) is 4.79 Å². The number of carboxylic acid groups (broad SMARTS) is 1. The van der Waals surface area contributed by atoms with E-state index in [0.717, 1.165) is 30.5 Å². The molecule has 1 unspecified atom stereocenters. The first kappa shape index (κ1) is 17.2. The van der Waals surface area contributed by atoms with E-state index < -0.39 is 5.97 Å². The summed E-state index contributed by atoms with van der Waals surface area (Å²) in [6.45, 7) is 2.66. The molecule has 132 valence electrons. The lowest BCUT2D eigenvalue weighted by Gasteiger charge is -2.36. The second-order valence-corrected chi connectivity index (χ2v) is 6.53. The molecule has 1 aliphatic rings. The molecule has 1 aliphatic heterocycles. The number of carbonyl (C=O) groups is 2. The van der Waals surface area contributed by atoms with Gasteiger partial charge in [-0.1, -0.05) is 0 Å². The minimum atomic E-state index is -0.808. The molecule has 25 heavy (non-hydrogen) atoms. The fraction of sp³-hybridized carbons (Fsp3) is 0.421. The number of aryl methyl sites for hydroxylation is 1. The fourth-order valence-electron chi connectivity index (χ4n) is 3.48. The first-order chi connectivity index (χ1) is 12.1. The van der Waals surface area contributed by atoms with Crippen molar-refractivity contribution in [1.82, 2.24) is 14.7 Å². The van der Waals surface area contributed by atoms with Gasteiger partial charge in [0.1, 0.15) is 0 Å². The third-order valence-electron chi connectivity index (χ3n) is 4.77. The Morgan fingerprint density at radius 1 is 1.32 bits per heavy atom. The van der Waals surface area contributed by atoms with Crippen molar-refractivity contribution in [2.45, 2.75) is 45.1 Å². The van der Waals surface area contributed by atoms with E-state index in [9.17, 15) is 9.59 Å². The van der Waals surface area contributed by atoms with Crippen LogP contribution in [0.2, 0.25) is 0 Å². The Balaban J connectivity index is 1.79. The van der Waals surface area contributed by atoms with E-state index in [1.165, 1.54) is 0 Å². The standard InChI is InChI=1S/C19H23N3O3/c1-14-13-15(6-8-17(14)22-12-4-10-20-22)19(25)21-11-3-2-5-16(21)7-9-18(23)24/h4,6,8,10,12-13,16H,2-3,5,7,9,11H2,1H3,(H,23,24). The van der Waals surface area contributed by atoms with Crippen LogP contribution in [0, 0.1) is 6.92 Å². The van der Waals surface area contributed by atoms with Crippen LogP contribution in [0.4, 0.5) is 0 Å². The van der Waals surface area contributed by atoms with Crippen molar-refractivity contribution in [2.24, 2.45) is 0 Å². The monoisotopic (exact) mass is 341 g/mol. The second kappa shape index (κ2) is 7.51. The Bertz CT molecular complexity index is 755. The molecule has 3 rings (SSSR count). The summed E-state index contributed by atoms with van der Waals surface area (Å²) in [5.74, 6) is -0.817. The number of nitrogens with zero attached hydrogens (tertiary/aromatic N) is 3. The minimum Gasteiger partial charge on any atom is -0.481 e. The highest BCUT2D eigenvalue weighted by molar-refractivity contribution is 5.95. The van der Waals surface area contributed by atoms with Gasteiger partial charge in [0, 0.05) is 37.0 Å². The van der Waals surface area contributed by atoms with E-state index in [-0.39, 0.29) is 18.4 Å². The van der Waals surface area contributed by atoms with Crippen molar-refractivity contribution in [1.29, 1.82) is 0 Å².